The fourth-order valence-corrected chi connectivity index (χ4v) is 2.34. The van der Waals surface area contributed by atoms with Crippen molar-refractivity contribution in [3.63, 3.8) is 0 Å². The van der Waals surface area contributed by atoms with E-state index in [-0.39, 0.29) is 18.1 Å². The number of halogens is 1. The van der Waals surface area contributed by atoms with Gasteiger partial charge < -0.3 is 5.32 Å². The summed E-state index contributed by atoms with van der Waals surface area (Å²) in [5.41, 5.74) is 1.22. The van der Waals surface area contributed by atoms with Crippen molar-refractivity contribution in [3.05, 3.63) is 35.6 Å². The maximum absolute atomic E-state index is 12.9. The summed E-state index contributed by atoms with van der Waals surface area (Å²) in [5, 5.41) is 3.01. The van der Waals surface area contributed by atoms with E-state index < -0.39 is 0 Å². The first-order chi connectivity index (χ1) is 7.68. The van der Waals surface area contributed by atoms with Crippen LogP contribution in [0.5, 0.6) is 0 Å². The molecule has 0 radical (unpaired) electrons. The van der Waals surface area contributed by atoms with E-state index in [0.29, 0.717) is 11.5 Å². The zero-order valence-electron chi connectivity index (χ0n) is 9.00. The number of benzene rings is 1. The number of hydrogen-bond acceptors (Lipinski definition) is 1. The van der Waals surface area contributed by atoms with E-state index in [4.69, 9.17) is 0 Å². The van der Waals surface area contributed by atoms with Gasteiger partial charge in [-0.2, -0.15) is 0 Å². The molecule has 1 N–H and O–H groups in total. The maximum Gasteiger partial charge on any atom is 0.224 e. The Morgan fingerprint density at radius 2 is 2.31 bits per heavy atom. The summed E-state index contributed by atoms with van der Waals surface area (Å²) in [6.07, 6.45) is 3.95. The van der Waals surface area contributed by atoms with Gasteiger partial charge in [-0.3, -0.25) is 4.79 Å². The largest absolute Gasteiger partial charge is 0.353 e. The molecule has 0 aliphatic heterocycles. The van der Waals surface area contributed by atoms with Crippen LogP contribution < -0.4 is 5.32 Å². The topological polar surface area (TPSA) is 29.1 Å². The highest BCUT2D eigenvalue weighted by Crippen LogP contribution is 2.65. The molecule has 84 valence electrons. The Hall–Kier alpha value is -1.38. The van der Waals surface area contributed by atoms with Crippen molar-refractivity contribution in [1.82, 2.24) is 5.32 Å². The Kier molecular flexibility index (Phi) is 2.03. The zero-order chi connectivity index (χ0) is 11.2. The molecule has 1 aromatic carbocycles. The molecule has 1 atom stereocenters. The van der Waals surface area contributed by atoms with Crippen molar-refractivity contribution < 1.29 is 9.18 Å². The smallest absolute Gasteiger partial charge is 0.224 e. The normalized spacial score (nSPS) is 24.2. The van der Waals surface area contributed by atoms with Gasteiger partial charge in [-0.1, -0.05) is 12.1 Å². The van der Waals surface area contributed by atoms with Crippen LogP contribution in [0.4, 0.5) is 4.39 Å². The molecule has 2 fully saturated rings. The minimum Gasteiger partial charge on any atom is -0.353 e. The lowest BCUT2D eigenvalue weighted by Gasteiger charge is -2.04. The number of hydrogen-bond donors (Lipinski definition) is 1. The van der Waals surface area contributed by atoms with Crippen LogP contribution in [-0.4, -0.2) is 11.9 Å². The third-order valence-electron chi connectivity index (χ3n) is 3.67. The highest BCUT2D eigenvalue weighted by Gasteiger charge is 2.63. The number of carbonyl (C=O) groups excluding carboxylic acids is 1. The standard InChI is InChI=1S/C13H14FNO/c14-10-3-1-2-9(6-10)7-12(16)15-11-8-13(11)4-5-13/h1-3,6,11H,4-5,7-8H2,(H,15,16)/t11-/m1/s1. The van der Waals surface area contributed by atoms with Crippen LogP contribution in [0, 0.1) is 11.2 Å². The van der Waals surface area contributed by atoms with E-state index >= 15 is 0 Å². The quantitative estimate of drug-likeness (QED) is 0.828. The van der Waals surface area contributed by atoms with Crippen molar-refractivity contribution >= 4 is 5.91 Å². The molecule has 0 aromatic heterocycles. The Balaban J connectivity index is 1.56. The molecule has 2 aliphatic rings. The van der Waals surface area contributed by atoms with Gasteiger partial charge in [0.15, 0.2) is 0 Å². The third-order valence-corrected chi connectivity index (χ3v) is 3.67. The van der Waals surface area contributed by atoms with Gasteiger partial charge in [-0.15, -0.1) is 0 Å². The van der Waals surface area contributed by atoms with Gasteiger partial charge in [0.05, 0.1) is 6.42 Å². The maximum atomic E-state index is 12.9. The molecule has 0 heterocycles. The van der Waals surface area contributed by atoms with E-state index in [0.717, 1.165) is 12.0 Å². The molecule has 0 bridgehead atoms. The van der Waals surface area contributed by atoms with Crippen LogP contribution in [0.1, 0.15) is 24.8 Å². The van der Waals surface area contributed by atoms with Crippen LogP contribution in [0.15, 0.2) is 24.3 Å². The number of rotatable bonds is 3. The van der Waals surface area contributed by atoms with Gasteiger partial charge in [0.25, 0.3) is 0 Å². The summed E-state index contributed by atoms with van der Waals surface area (Å²) in [5.74, 6) is -0.269. The summed E-state index contributed by atoms with van der Waals surface area (Å²) in [6.45, 7) is 0. The van der Waals surface area contributed by atoms with Crippen molar-refractivity contribution in [2.45, 2.75) is 31.7 Å². The van der Waals surface area contributed by atoms with Gasteiger partial charge in [0.2, 0.25) is 5.91 Å². The Morgan fingerprint density at radius 1 is 1.50 bits per heavy atom. The van der Waals surface area contributed by atoms with E-state index in [9.17, 15) is 9.18 Å². The zero-order valence-corrected chi connectivity index (χ0v) is 9.00. The Labute approximate surface area is 93.9 Å². The molecule has 0 unspecified atom stereocenters. The van der Waals surface area contributed by atoms with Crippen LogP contribution in [0.3, 0.4) is 0 Å². The van der Waals surface area contributed by atoms with Crippen molar-refractivity contribution in [1.29, 1.82) is 0 Å². The average Bonchev–Trinajstić information content (AvgIpc) is 3.09. The van der Waals surface area contributed by atoms with Gasteiger partial charge in [-0.25, -0.2) is 4.39 Å². The molecule has 1 aromatic rings. The average molecular weight is 219 g/mol. The number of nitrogens with one attached hydrogen (secondary N) is 1. The predicted molar refractivity (Wildman–Crippen MR) is 58.3 cm³/mol. The first-order valence-electron chi connectivity index (χ1n) is 5.72. The summed E-state index contributed by atoms with van der Waals surface area (Å²) >= 11 is 0. The van der Waals surface area contributed by atoms with Gasteiger partial charge >= 0.3 is 0 Å². The van der Waals surface area contributed by atoms with Crippen LogP contribution in [0.2, 0.25) is 0 Å². The molecule has 1 amide bonds. The van der Waals surface area contributed by atoms with E-state index in [1.54, 1.807) is 12.1 Å². The molecule has 2 nitrogen and oxygen atoms in total. The second-order valence-electron chi connectivity index (χ2n) is 4.99. The van der Waals surface area contributed by atoms with E-state index in [1.165, 1.54) is 25.0 Å². The minimum atomic E-state index is -0.282. The monoisotopic (exact) mass is 219 g/mol. The number of amides is 1. The molecule has 2 saturated carbocycles. The van der Waals surface area contributed by atoms with E-state index in [1.807, 2.05) is 0 Å². The molecule has 2 aliphatic carbocycles. The second-order valence-corrected chi connectivity index (χ2v) is 4.99. The van der Waals surface area contributed by atoms with E-state index in [2.05, 4.69) is 5.32 Å². The van der Waals surface area contributed by atoms with Gasteiger partial charge in [0.1, 0.15) is 5.82 Å². The predicted octanol–water partition coefficient (Wildman–Crippen LogP) is 2.04. The summed E-state index contributed by atoms with van der Waals surface area (Å²) in [7, 11) is 0. The molecule has 1 spiro atoms. The fraction of sp³-hybridized carbons (Fsp3) is 0.462. The summed E-state index contributed by atoms with van der Waals surface area (Å²) < 4.78 is 12.9. The fourth-order valence-electron chi connectivity index (χ4n) is 2.34. The van der Waals surface area contributed by atoms with Gasteiger partial charge in [0, 0.05) is 6.04 Å². The first kappa shape index (κ1) is 9.82. The molecular weight excluding hydrogens is 205 g/mol. The van der Waals surface area contributed by atoms with Gasteiger partial charge in [-0.05, 0) is 42.4 Å². The van der Waals surface area contributed by atoms with Crippen molar-refractivity contribution in [2.24, 2.45) is 5.41 Å². The van der Waals surface area contributed by atoms with Crippen molar-refractivity contribution in [3.8, 4) is 0 Å². The number of carbonyl (C=O) groups is 1. The van der Waals surface area contributed by atoms with Crippen LogP contribution in [-0.2, 0) is 11.2 Å². The minimum absolute atomic E-state index is 0.0133. The SMILES string of the molecule is O=C(Cc1cccc(F)c1)N[C@@H]1CC12CC2. The molecule has 3 rings (SSSR count). The summed E-state index contributed by atoms with van der Waals surface area (Å²) in [6, 6.07) is 6.62. The lowest BCUT2D eigenvalue weighted by Crippen LogP contribution is -2.28. The first-order valence-corrected chi connectivity index (χ1v) is 5.72. The summed E-state index contributed by atoms with van der Waals surface area (Å²) in [4.78, 5) is 11.7. The second kappa shape index (κ2) is 3.30. The molecular formula is C13H14FNO. The third kappa shape index (κ3) is 1.82. The lowest BCUT2D eigenvalue weighted by molar-refractivity contribution is -0.120. The highest BCUT2D eigenvalue weighted by molar-refractivity contribution is 5.79. The lowest BCUT2D eigenvalue weighted by atomic mass is 10.1. The van der Waals surface area contributed by atoms with Crippen molar-refractivity contribution in [2.75, 3.05) is 0 Å². The highest BCUT2D eigenvalue weighted by atomic mass is 19.1. The van der Waals surface area contributed by atoms with Crippen LogP contribution in [0.25, 0.3) is 0 Å². The molecule has 16 heavy (non-hydrogen) atoms. The molecule has 0 saturated heterocycles. The van der Waals surface area contributed by atoms with Crippen LogP contribution >= 0.6 is 0 Å². The Morgan fingerprint density at radius 3 is 2.94 bits per heavy atom. The molecule has 3 heteroatoms. The Bertz CT molecular complexity index is 439.